The SMILES string of the molecule is CC.CC.CC.CC.CC.CC.CC.CC.CC.CC.CC.CC.CC.CC.CC.CC.CC(C)(C)C.CC(C)(C)C.CCC.CCC#N.CO.CO.CO.CO.CO.CO.COCOc1c(C)c(C)c(C)c(CO)c1C(OC)OC.COCOc1c(C)c(C)c(C)c(COC)c1C(OC)OC. The molecule has 0 atom stereocenters. The Hall–Kier alpha value is -3.03. The molecule has 0 unspecified atom stereocenters. The monoisotopic (exact) mass is 1500 g/mol. The highest BCUT2D eigenvalue weighted by atomic mass is 16.7. The summed E-state index contributed by atoms with van der Waals surface area (Å²) < 4.78 is 48.4. The van der Waals surface area contributed by atoms with E-state index in [-0.39, 0.29) is 20.2 Å². The van der Waals surface area contributed by atoms with E-state index in [4.69, 9.17) is 78.5 Å². The average Bonchev–Trinajstić information content (AvgIpc) is 0.790. The van der Waals surface area contributed by atoms with Gasteiger partial charge in [0.15, 0.2) is 26.2 Å². The van der Waals surface area contributed by atoms with Crippen LogP contribution in [0.4, 0.5) is 0 Å². The molecule has 648 valence electrons. The first kappa shape index (κ1) is 178. The molecule has 0 aliphatic carbocycles. The van der Waals surface area contributed by atoms with Gasteiger partial charge in [-0.3, -0.25) is 0 Å². The van der Waals surface area contributed by atoms with E-state index in [1.165, 1.54) is 12.0 Å². The minimum absolute atomic E-state index is 0.102. The number of benzene rings is 2. The van der Waals surface area contributed by atoms with Gasteiger partial charge >= 0.3 is 0 Å². The molecule has 0 amide bonds. The maximum Gasteiger partial charge on any atom is 0.188 e. The first-order valence-electron chi connectivity index (χ1n) is 38.6. The molecule has 7 N–H and O–H groups in total. The Morgan fingerprint density at radius 2 is 0.471 bits per heavy atom. The molecular weight excluding hydrogens is 1290 g/mol. The number of nitrogens with zero attached hydrogens (tertiary/aromatic N) is 1. The maximum atomic E-state index is 9.71. The molecule has 0 aliphatic heterocycles. The molecule has 0 aromatic heterocycles. The lowest BCUT2D eigenvalue weighted by Gasteiger charge is -2.26. The fourth-order valence-electron chi connectivity index (χ4n) is 4.74. The van der Waals surface area contributed by atoms with Gasteiger partial charge in [0.25, 0.3) is 0 Å². The minimum Gasteiger partial charge on any atom is -0.467 e. The van der Waals surface area contributed by atoms with E-state index in [9.17, 15) is 5.11 Å². The summed E-state index contributed by atoms with van der Waals surface area (Å²) in [6, 6.07) is 1.93. The van der Waals surface area contributed by atoms with Gasteiger partial charge in [0.1, 0.15) is 11.5 Å². The Morgan fingerprint density at radius 3 is 0.598 bits per heavy atom. The van der Waals surface area contributed by atoms with Gasteiger partial charge in [0, 0.05) is 98.8 Å². The van der Waals surface area contributed by atoms with Crippen molar-refractivity contribution < 1.29 is 78.4 Å². The van der Waals surface area contributed by atoms with Crippen LogP contribution in [0.5, 0.6) is 11.5 Å². The fourth-order valence-corrected chi connectivity index (χ4v) is 4.74. The Bertz CT molecular complexity index is 1400. The molecule has 0 bridgehead atoms. The molecule has 2 aromatic carbocycles. The molecule has 0 radical (unpaired) electrons. The minimum atomic E-state index is -0.595. The van der Waals surface area contributed by atoms with Crippen LogP contribution in [0.15, 0.2) is 0 Å². The van der Waals surface area contributed by atoms with Gasteiger partial charge in [-0.05, 0) is 96.9 Å². The van der Waals surface area contributed by atoms with Crippen LogP contribution in [0.25, 0.3) is 0 Å². The molecule has 0 fully saturated rings. The zero-order valence-electron chi connectivity index (χ0n) is 82.1. The van der Waals surface area contributed by atoms with Gasteiger partial charge in [-0.1, -0.05) is 304 Å². The van der Waals surface area contributed by atoms with Gasteiger partial charge in [0.05, 0.1) is 30.4 Å². The van der Waals surface area contributed by atoms with Crippen molar-refractivity contribution >= 4 is 0 Å². The Kier molecular flexibility index (Phi) is 359. The molecule has 0 spiro atoms. The Labute approximate surface area is 648 Å². The smallest absolute Gasteiger partial charge is 0.188 e. The molecule has 0 aliphatic rings. The predicted molar refractivity (Wildman–Crippen MR) is 469 cm³/mol. The van der Waals surface area contributed by atoms with Crippen molar-refractivity contribution in [3.8, 4) is 17.6 Å². The van der Waals surface area contributed by atoms with Crippen molar-refractivity contribution in [1.82, 2.24) is 0 Å². The second-order valence-corrected chi connectivity index (χ2v) is 16.7. The molecule has 0 saturated heterocycles. The fraction of sp³-hybridized carbons (Fsp3) is 0.847. The third-order valence-electron chi connectivity index (χ3n) is 7.55. The Morgan fingerprint density at radius 1 is 0.314 bits per heavy atom. The summed E-state index contributed by atoms with van der Waals surface area (Å²) in [5, 5.41) is 59.3. The highest BCUT2D eigenvalue weighted by Gasteiger charge is 2.27. The molecular formula is C85H207NO16. The normalized spacial score (nSPS) is 7.35. The number of ether oxygens (including phenoxy) is 9. The maximum absolute atomic E-state index is 9.71. The summed E-state index contributed by atoms with van der Waals surface area (Å²) in [6.07, 6.45) is 0.766. The zero-order chi connectivity index (χ0) is 90.4. The zero-order valence-corrected chi connectivity index (χ0v) is 82.1. The van der Waals surface area contributed by atoms with Gasteiger partial charge < -0.3 is 78.4 Å². The van der Waals surface area contributed by atoms with E-state index in [2.05, 4.69) is 83.1 Å². The van der Waals surface area contributed by atoms with Crippen LogP contribution in [0.2, 0.25) is 0 Å². The largest absolute Gasteiger partial charge is 0.467 e. The number of hydrogen-bond acceptors (Lipinski definition) is 17. The molecule has 2 aromatic rings. The van der Waals surface area contributed by atoms with Crippen molar-refractivity contribution in [2.45, 2.75) is 378 Å². The van der Waals surface area contributed by atoms with Gasteiger partial charge in [-0.15, -0.1) is 0 Å². The number of aliphatic hydroxyl groups excluding tert-OH is 7. The number of rotatable bonds is 15. The summed E-state index contributed by atoms with van der Waals surface area (Å²) in [6.45, 7) is 100. The lowest BCUT2D eigenvalue weighted by molar-refractivity contribution is -0.109. The summed E-state index contributed by atoms with van der Waals surface area (Å²) >= 11 is 0. The first-order valence-corrected chi connectivity index (χ1v) is 38.6. The summed E-state index contributed by atoms with van der Waals surface area (Å²) in [5.74, 6) is 1.38. The van der Waals surface area contributed by atoms with Crippen LogP contribution in [0.3, 0.4) is 0 Å². The third-order valence-corrected chi connectivity index (χ3v) is 7.55. The van der Waals surface area contributed by atoms with Crippen molar-refractivity contribution in [2.24, 2.45) is 10.8 Å². The Balaban J connectivity index is -0.0000000271. The highest BCUT2D eigenvalue weighted by molar-refractivity contribution is 5.56. The van der Waals surface area contributed by atoms with E-state index in [0.29, 0.717) is 29.6 Å². The van der Waals surface area contributed by atoms with E-state index < -0.39 is 12.6 Å². The topological polar surface area (TPSA) is 248 Å². The second kappa shape index (κ2) is 205. The molecule has 102 heavy (non-hydrogen) atoms. The predicted octanol–water partition coefficient (Wildman–Crippen LogP) is 25.9. The summed E-state index contributed by atoms with van der Waals surface area (Å²) in [4.78, 5) is 0. The van der Waals surface area contributed by atoms with Crippen molar-refractivity contribution in [3.05, 3.63) is 55.6 Å². The number of aliphatic hydroxyl groups is 7. The highest BCUT2D eigenvalue weighted by Crippen LogP contribution is 2.40. The molecule has 2 rings (SSSR count). The van der Waals surface area contributed by atoms with Crippen LogP contribution < -0.4 is 9.47 Å². The number of hydrogen-bond donors (Lipinski definition) is 7. The van der Waals surface area contributed by atoms with Crippen molar-refractivity contribution in [2.75, 3.05) is 106 Å². The summed E-state index contributed by atoms with van der Waals surface area (Å²) in [7, 11) is 17.1. The van der Waals surface area contributed by atoms with Crippen LogP contribution in [0, 0.1) is 63.7 Å². The third kappa shape index (κ3) is 159. The van der Waals surface area contributed by atoms with E-state index in [1.807, 2.05) is 262 Å². The average molecular weight is 1500 g/mol. The van der Waals surface area contributed by atoms with Gasteiger partial charge in [0.2, 0.25) is 0 Å². The molecule has 17 nitrogen and oxygen atoms in total. The van der Waals surface area contributed by atoms with Crippen LogP contribution in [-0.2, 0) is 46.4 Å². The van der Waals surface area contributed by atoms with Crippen LogP contribution in [0.1, 0.15) is 379 Å². The van der Waals surface area contributed by atoms with Crippen molar-refractivity contribution in [1.29, 1.82) is 5.26 Å². The van der Waals surface area contributed by atoms with E-state index >= 15 is 0 Å². The van der Waals surface area contributed by atoms with Crippen LogP contribution >= 0.6 is 0 Å². The van der Waals surface area contributed by atoms with E-state index in [0.717, 1.165) is 98.5 Å². The molecule has 0 heterocycles. The van der Waals surface area contributed by atoms with Crippen molar-refractivity contribution in [3.63, 3.8) is 0 Å². The first-order chi connectivity index (χ1) is 48.9. The molecule has 0 saturated carbocycles. The lowest BCUT2D eigenvalue weighted by Crippen LogP contribution is -2.15. The summed E-state index contributed by atoms with van der Waals surface area (Å²) in [5.41, 5.74) is 10.8. The van der Waals surface area contributed by atoms with E-state index in [1.54, 1.807) is 49.8 Å². The standard InChI is InChI=1S/C16H26O5.C15H24O5.2C5H12.C3H5N.C3H8.16C2H6.6CH4O/c1-10-11(2)13(8-17-4)14(16(19-6)20-7)15(12(10)3)21-9-18-5;1-9-10(2)12(7-16)13(15(18-5)19-6)14(11(9)3)20-8-17-4;2*1-5(2,3)4;1-2-3-4;1-3-2;22*1-2/h16H,8-9H2,1-7H3;15-16H,7-8H2,1-6H3;2*1-4H3;2H2,1H3;3H2,1-2H3;16*1-2H3;6*2H,1H3. The lowest BCUT2D eigenvalue weighted by atomic mass is 9.92. The van der Waals surface area contributed by atoms with Crippen LogP contribution in [-0.4, -0.2) is 142 Å². The van der Waals surface area contributed by atoms with Gasteiger partial charge in [-0.2, -0.15) is 5.26 Å². The second-order valence-electron chi connectivity index (χ2n) is 16.7. The number of methoxy groups -OCH3 is 7. The quantitative estimate of drug-likeness (QED) is 0.0819. The number of nitriles is 1. The van der Waals surface area contributed by atoms with Gasteiger partial charge in [-0.25, -0.2) is 0 Å². The molecule has 17 heteroatoms.